The molecule has 1 aromatic rings. The van der Waals surface area contributed by atoms with Crippen molar-refractivity contribution in [1.82, 2.24) is 10.9 Å². The topological polar surface area (TPSA) is 76.7 Å². The summed E-state index contributed by atoms with van der Waals surface area (Å²) in [6.45, 7) is 0. The first-order valence-electron chi connectivity index (χ1n) is 8.23. The van der Waals surface area contributed by atoms with Gasteiger partial charge in [-0.2, -0.15) is 0 Å². The lowest BCUT2D eigenvalue weighted by molar-refractivity contribution is -0.122. The van der Waals surface area contributed by atoms with Crippen LogP contribution in [0.25, 0.3) is 0 Å². The zero-order chi connectivity index (χ0) is 18.1. The summed E-state index contributed by atoms with van der Waals surface area (Å²) in [6.07, 6.45) is 4.71. The van der Waals surface area contributed by atoms with E-state index in [1.807, 2.05) is 21.6 Å². The van der Waals surface area contributed by atoms with Crippen LogP contribution in [0.3, 0.4) is 0 Å². The van der Waals surface area contributed by atoms with Gasteiger partial charge >= 0.3 is 0 Å². The lowest BCUT2D eigenvalue weighted by Gasteiger charge is -2.11. The zero-order valence-electron chi connectivity index (χ0n) is 14.5. The van der Waals surface area contributed by atoms with Crippen molar-refractivity contribution in [2.75, 3.05) is 20.0 Å². The molecule has 0 spiro atoms. The minimum atomic E-state index is -0.395. The van der Waals surface area contributed by atoms with Gasteiger partial charge in [-0.15, -0.1) is 0 Å². The number of methoxy groups -OCH3 is 2. The van der Waals surface area contributed by atoms with E-state index in [9.17, 15) is 9.59 Å². The van der Waals surface area contributed by atoms with Crippen molar-refractivity contribution in [3.8, 4) is 11.5 Å². The molecule has 2 N–H and O–H groups in total. The summed E-state index contributed by atoms with van der Waals surface area (Å²) in [4.78, 5) is 23.9. The third-order valence-electron chi connectivity index (χ3n) is 3.87. The summed E-state index contributed by atoms with van der Waals surface area (Å²) in [5, 5.41) is 0.734. The maximum Gasteiger partial charge on any atom is 0.269 e. The zero-order valence-corrected chi connectivity index (χ0v) is 16.1. The first-order chi connectivity index (χ1) is 12.1. The van der Waals surface area contributed by atoms with Crippen molar-refractivity contribution < 1.29 is 19.1 Å². The Labute approximate surface area is 156 Å². The van der Waals surface area contributed by atoms with Gasteiger partial charge in [0, 0.05) is 23.0 Å². The van der Waals surface area contributed by atoms with E-state index in [0.29, 0.717) is 23.5 Å². The fourth-order valence-electron chi connectivity index (χ4n) is 2.46. The first-order valence-corrected chi connectivity index (χ1v) is 10.6. The standard InChI is InChI=1S/C17H24N2O4S2/c1-22-14-8-7-12(11-15(14)23-2)17(21)19-18-16(20)6-4-3-5-13-9-10-24-25-13/h7-8,11,13H,3-6,9-10H2,1-2H3,(H,18,20)(H,19,21). The van der Waals surface area contributed by atoms with Crippen molar-refractivity contribution >= 4 is 33.4 Å². The van der Waals surface area contributed by atoms with Crippen molar-refractivity contribution in [3.63, 3.8) is 0 Å². The molecule has 6 nitrogen and oxygen atoms in total. The Balaban J connectivity index is 1.69. The second kappa shape index (κ2) is 10.5. The van der Waals surface area contributed by atoms with E-state index in [-0.39, 0.29) is 5.91 Å². The average molecular weight is 385 g/mol. The summed E-state index contributed by atoms with van der Waals surface area (Å²) in [5.74, 6) is 1.67. The van der Waals surface area contributed by atoms with Gasteiger partial charge in [0.05, 0.1) is 14.2 Å². The minimum Gasteiger partial charge on any atom is -0.493 e. The quantitative estimate of drug-likeness (QED) is 0.407. The molecule has 1 aliphatic rings. The molecule has 1 fully saturated rings. The van der Waals surface area contributed by atoms with Crippen LogP contribution < -0.4 is 20.3 Å². The highest BCUT2D eigenvalue weighted by atomic mass is 33.1. The number of hydrogen-bond acceptors (Lipinski definition) is 6. The molecule has 138 valence electrons. The number of nitrogens with one attached hydrogen (secondary N) is 2. The van der Waals surface area contributed by atoms with E-state index in [1.165, 1.54) is 26.4 Å². The molecular weight excluding hydrogens is 360 g/mol. The molecule has 0 bridgehead atoms. The molecule has 8 heteroatoms. The molecule has 2 amide bonds. The number of ether oxygens (including phenoxy) is 2. The summed E-state index contributed by atoms with van der Waals surface area (Å²) < 4.78 is 10.3. The van der Waals surface area contributed by atoms with Gasteiger partial charge in [-0.1, -0.05) is 28.0 Å². The van der Waals surface area contributed by atoms with Crippen LogP contribution in [0.2, 0.25) is 0 Å². The highest BCUT2D eigenvalue weighted by Gasteiger charge is 2.16. The number of benzene rings is 1. The third kappa shape index (κ3) is 6.36. The Bertz CT molecular complexity index is 592. The fraction of sp³-hybridized carbons (Fsp3) is 0.529. The van der Waals surface area contributed by atoms with Gasteiger partial charge < -0.3 is 9.47 Å². The Morgan fingerprint density at radius 1 is 1.16 bits per heavy atom. The second-order valence-corrected chi connectivity index (χ2v) is 8.43. The fourth-order valence-corrected chi connectivity index (χ4v) is 5.49. The number of hydrogen-bond donors (Lipinski definition) is 2. The summed E-state index contributed by atoms with van der Waals surface area (Å²) in [5.41, 5.74) is 5.27. The molecular formula is C17H24N2O4S2. The van der Waals surface area contributed by atoms with Gasteiger partial charge in [0.25, 0.3) is 5.91 Å². The monoisotopic (exact) mass is 384 g/mol. The maximum atomic E-state index is 12.1. The van der Waals surface area contributed by atoms with Gasteiger partial charge in [-0.3, -0.25) is 20.4 Å². The highest BCUT2D eigenvalue weighted by molar-refractivity contribution is 8.77. The lowest BCUT2D eigenvalue weighted by Crippen LogP contribution is -2.41. The van der Waals surface area contributed by atoms with E-state index >= 15 is 0 Å². The van der Waals surface area contributed by atoms with Gasteiger partial charge in [0.2, 0.25) is 5.91 Å². The molecule has 1 unspecified atom stereocenters. The van der Waals surface area contributed by atoms with Crippen molar-refractivity contribution in [2.24, 2.45) is 0 Å². The molecule has 0 saturated carbocycles. The number of rotatable bonds is 8. The molecule has 1 atom stereocenters. The van der Waals surface area contributed by atoms with E-state index in [0.717, 1.165) is 24.5 Å². The van der Waals surface area contributed by atoms with Crippen LogP contribution >= 0.6 is 21.6 Å². The summed E-state index contributed by atoms with van der Waals surface area (Å²) in [6, 6.07) is 4.83. The van der Waals surface area contributed by atoms with Gasteiger partial charge in [0.15, 0.2) is 11.5 Å². The van der Waals surface area contributed by atoms with Crippen LogP contribution in [0.4, 0.5) is 0 Å². The third-order valence-corrected chi connectivity index (χ3v) is 6.88. The summed E-state index contributed by atoms with van der Waals surface area (Å²) in [7, 11) is 6.93. The molecule has 0 aliphatic carbocycles. The Morgan fingerprint density at radius 3 is 2.64 bits per heavy atom. The van der Waals surface area contributed by atoms with Crippen LogP contribution in [0.15, 0.2) is 18.2 Å². The number of carbonyl (C=O) groups is 2. The number of carbonyl (C=O) groups excluding carboxylic acids is 2. The Kier molecular flexibility index (Phi) is 8.27. The molecule has 2 rings (SSSR count). The smallest absolute Gasteiger partial charge is 0.269 e. The van der Waals surface area contributed by atoms with Crippen molar-refractivity contribution in [1.29, 1.82) is 0 Å². The SMILES string of the molecule is COc1ccc(C(=O)NNC(=O)CCCCC2CCSS2)cc1OC. The summed E-state index contributed by atoms with van der Waals surface area (Å²) >= 11 is 0. The van der Waals surface area contributed by atoms with E-state index in [2.05, 4.69) is 10.9 Å². The molecule has 1 aromatic carbocycles. The highest BCUT2D eigenvalue weighted by Crippen LogP contribution is 2.39. The molecule has 0 aromatic heterocycles. The largest absolute Gasteiger partial charge is 0.493 e. The normalized spacial score (nSPS) is 16.3. The molecule has 0 radical (unpaired) electrons. The van der Waals surface area contributed by atoms with Crippen molar-refractivity contribution in [3.05, 3.63) is 23.8 Å². The van der Waals surface area contributed by atoms with E-state index in [1.54, 1.807) is 18.2 Å². The average Bonchev–Trinajstić information content (AvgIpc) is 3.16. The van der Waals surface area contributed by atoms with Crippen LogP contribution in [-0.2, 0) is 4.79 Å². The predicted molar refractivity (Wildman–Crippen MR) is 102 cm³/mol. The van der Waals surface area contributed by atoms with Crippen LogP contribution in [0, 0.1) is 0 Å². The van der Waals surface area contributed by atoms with Crippen LogP contribution in [-0.4, -0.2) is 37.0 Å². The van der Waals surface area contributed by atoms with Crippen LogP contribution in [0.1, 0.15) is 42.5 Å². The van der Waals surface area contributed by atoms with Crippen molar-refractivity contribution in [2.45, 2.75) is 37.4 Å². The van der Waals surface area contributed by atoms with Crippen LogP contribution in [0.5, 0.6) is 11.5 Å². The second-order valence-electron chi connectivity index (χ2n) is 5.65. The number of hydrazine groups is 1. The Morgan fingerprint density at radius 2 is 1.96 bits per heavy atom. The molecule has 25 heavy (non-hydrogen) atoms. The maximum absolute atomic E-state index is 12.1. The lowest BCUT2D eigenvalue weighted by atomic mass is 10.1. The molecule has 1 saturated heterocycles. The predicted octanol–water partition coefficient (Wildman–Crippen LogP) is 3.18. The van der Waals surface area contributed by atoms with Gasteiger partial charge in [0.1, 0.15) is 0 Å². The molecule has 1 heterocycles. The molecule has 1 aliphatic heterocycles. The van der Waals surface area contributed by atoms with Gasteiger partial charge in [-0.05, 0) is 37.5 Å². The van der Waals surface area contributed by atoms with E-state index < -0.39 is 5.91 Å². The number of amides is 2. The van der Waals surface area contributed by atoms with E-state index in [4.69, 9.17) is 9.47 Å². The van der Waals surface area contributed by atoms with Gasteiger partial charge in [-0.25, -0.2) is 0 Å². The number of unbranched alkanes of at least 4 members (excludes halogenated alkanes) is 1. The Hall–Kier alpha value is -1.54. The first kappa shape index (κ1) is 19.8. The minimum absolute atomic E-state index is 0.178.